The van der Waals surface area contributed by atoms with E-state index < -0.39 is 11.7 Å². The van der Waals surface area contributed by atoms with Gasteiger partial charge in [-0.15, -0.1) is 5.10 Å². The smallest absolute Gasteiger partial charge is 0.396 e. The van der Waals surface area contributed by atoms with Crippen LogP contribution in [0.3, 0.4) is 0 Å². The van der Waals surface area contributed by atoms with Crippen LogP contribution in [0, 0.1) is 5.92 Å². The zero-order valence-electron chi connectivity index (χ0n) is 9.35. The van der Waals surface area contributed by atoms with Crippen LogP contribution in [0.2, 0.25) is 0 Å². The van der Waals surface area contributed by atoms with Crippen molar-refractivity contribution in [3.8, 4) is 0 Å². The zero-order chi connectivity index (χ0) is 13.2. The molecule has 1 aromatic rings. The second-order valence-corrected chi connectivity index (χ2v) is 4.14. The highest BCUT2D eigenvalue weighted by atomic mass is 19.4. The van der Waals surface area contributed by atoms with Crippen LogP contribution in [-0.2, 0) is 6.18 Å². The Hall–Kier alpha value is -1.63. The van der Waals surface area contributed by atoms with Crippen molar-refractivity contribution in [2.45, 2.75) is 18.6 Å². The summed E-state index contributed by atoms with van der Waals surface area (Å²) in [6.45, 7) is 0.0307. The van der Waals surface area contributed by atoms with Crippen LogP contribution in [0.1, 0.15) is 12.0 Å². The summed E-state index contributed by atoms with van der Waals surface area (Å²) in [6, 6.07) is 0.799. The molecule has 0 bridgehead atoms. The molecule has 0 aliphatic heterocycles. The van der Waals surface area contributed by atoms with Crippen molar-refractivity contribution in [3.05, 3.63) is 30.0 Å². The normalized spacial score (nSPS) is 23.3. The molecule has 1 aliphatic rings. The Labute approximate surface area is 102 Å². The SMILES string of the molecule is OC[C@H]1C=C[C@@H](Nc2cc(C(F)(F)F)cnn2)C1. The Bertz CT molecular complexity index is 447. The largest absolute Gasteiger partial charge is 0.418 e. The first-order chi connectivity index (χ1) is 8.49. The number of hydrogen-bond acceptors (Lipinski definition) is 4. The zero-order valence-corrected chi connectivity index (χ0v) is 9.35. The summed E-state index contributed by atoms with van der Waals surface area (Å²) >= 11 is 0. The number of aliphatic hydroxyl groups excluding tert-OH is 1. The Morgan fingerprint density at radius 2 is 2.17 bits per heavy atom. The topological polar surface area (TPSA) is 58.0 Å². The lowest BCUT2D eigenvalue weighted by molar-refractivity contribution is -0.137. The van der Waals surface area contributed by atoms with Gasteiger partial charge >= 0.3 is 6.18 Å². The number of alkyl halides is 3. The van der Waals surface area contributed by atoms with E-state index >= 15 is 0 Å². The van der Waals surface area contributed by atoms with Crippen molar-refractivity contribution in [3.63, 3.8) is 0 Å². The van der Waals surface area contributed by atoms with Crippen LogP contribution in [0.15, 0.2) is 24.4 Å². The molecule has 0 amide bonds. The van der Waals surface area contributed by atoms with Gasteiger partial charge in [0.05, 0.1) is 11.8 Å². The number of nitrogens with zero attached hydrogens (tertiary/aromatic N) is 2. The van der Waals surface area contributed by atoms with Gasteiger partial charge < -0.3 is 10.4 Å². The molecule has 1 heterocycles. The third kappa shape index (κ3) is 2.98. The highest BCUT2D eigenvalue weighted by molar-refractivity contribution is 5.39. The van der Waals surface area contributed by atoms with Gasteiger partial charge in [-0.3, -0.25) is 0 Å². The quantitative estimate of drug-likeness (QED) is 0.813. The van der Waals surface area contributed by atoms with Crippen molar-refractivity contribution in [2.24, 2.45) is 5.92 Å². The van der Waals surface area contributed by atoms with Crippen LogP contribution < -0.4 is 5.32 Å². The molecule has 2 atom stereocenters. The second kappa shape index (κ2) is 4.93. The summed E-state index contributed by atoms with van der Waals surface area (Å²) in [5.41, 5.74) is -0.833. The number of halogens is 3. The number of aliphatic hydroxyl groups is 1. The molecular formula is C11H12F3N3O. The van der Waals surface area contributed by atoms with Gasteiger partial charge in [0.2, 0.25) is 0 Å². The Kier molecular flexibility index (Phi) is 3.51. The van der Waals surface area contributed by atoms with E-state index in [1.54, 1.807) is 0 Å². The maximum Gasteiger partial charge on any atom is 0.418 e. The van der Waals surface area contributed by atoms with Gasteiger partial charge in [-0.05, 0) is 12.5 Å². The molecule has 7 heteroatoms. The first-order valence-electron chi connectivity index (χ1n) is 5.44. The first kappa shape index (κ1) is 12.8. The van der Waals surface area contributed by atoms with Crippen molar-refractivity contribution < 1.29 is 18.3 Å². The van der Waals surface area contributed by atoms with E-state index in [0.717, 1.165) is 6.07 Å². The minimum absolute atomic E-state index is 0.0307. The molecular weight excluding hydrogens is 247 g/mol. The van der Waals surface area contributed by atoms with E-state index in [-0.39, 0.29) is 24.4 Å². The molecule has 4 nitrogen and oxygen atoms in total. The van der Waals surface area contributed by atoms with Crippen LogP contribution in [0.4, 0.5) is 19.0 Å². The third-order valence-corrected chi connectivity index (χ3v) is 2.72. The molecule has 0 unspecified atom stereocenters. The summed E-state index contributed by atoms with van der Waals surface area (Å²) in [5.74, 6) is 0.124. The fraction of sp³-hybridized carbons (Fsp3) is 0.455. The number of nitrogens with one attached hydrogen (secondary N) is 1. The Morgan fingerprint density at radius 1 is 1.39 bits per heavy atom. The molecule has 1 aliphatic carbocycles. The van der Waals surface area contributed by atoms with Crippen LogP contribution in [-0.4, -0.2) is 28.0 Å². The fourth-order valence-electron chi connectivity index (χ4n) is 1.80. The van der Waals surface area contributed by atoms with Gasteiger partial charge in [0, 0.05) is 18.6 Å². The molecule has 0 aromatic carbocycles. The number of rotatable bonds is 3. The number of aromatic nitrogens is 2. The van der Waals surface area contributed by atoms with Crippen LogP contribution >= 0.6 is 0 Å². The molecule has 0 spiro atoms. The molecule has 0 saturated carbocycles. The van der Waals surface area contributed by atoms with E-state index in [9.17, 15) is 13.2 Å². The lowest BCUT2D eigenvalue weighted by Crippen LogP contribution is -2.18. The van der Waals surface area contributed by atoms with E-state index in [1.807, 2.05) is 12.2 Å². The van der Waals surface area contributed by atoms with Gasteiger partial charge in [0.25, 0.3) is 0 Å². The molecule has 0 radical (unpaired) electrons. The third-order valence-electron chi connectivity index (χ3n) is 2.72. The highest BCUT2D eigenvalue weighted by Crippen LogP contribution is 2.30. The second-order valence-electron chi connectivity index (χ2n) is 4.14. The predicted molar refractivity (Wildman–Crippen MR) is 58.8 cm³/mol. The van der Waals surface area contributed by atoms with Crippen LogP contribution in [0.5, 0.6) is 0 Å². The maximum atomic E-state index is 12.5. The minimum atomic E-state index is -4.43. The monoisotopic (exact) mass is 259 g/mol. The van der Waals surface area contributed by atoms with Crippen molar-refractivity contribution in [1.82, 2.24) is 10.2 Å². The summed E-state index contributed by atoms with van der Waals surface area (Å²) in [7, 11) is 0. The lowest BCUT2D eigenvalue weighted by atomic mass is 10.1. The average molecular weight is 259 g/mol. The molecule has 1 aromatic heterocycles. The molecule has 98 valence electrons. The minimum Gasteiger partial charge on any atom is -0.396 e. The molecule has 0 fully saturated rings. The van der Waals surface area contributed by atoms with Gasteiger partial charge in [0.1, 0.15) is 5.82 Å². The van der Waals surface area contributed by atoms with E-state index in [2.05, 4.69) is 15.5 Å². The van der Waals surface area contributed by atoms with Gasteiger partial charge in [-0.1, -0.05) is 12.2 Å². The molecule has 0 saturated heterocycles. The lowest BCUT2D eigenvalue weighted by Gasteiger charge is -2.14. The highest BCUT2D eigenvalue weighted by Gasteiger charge is 2.31. The summed E-state index contributed by atoms with van der Waals surface area (Å²) < 4.78 is 37.4. The summed E-state index contributed by atoms with van der Waals surface area (Å²) in [4.78, 5) is 0. The van der Waals surface area contributed by atoms with Gasteiger partial charge in [-0.2, -0.15) is 18.3 Å². The van der Waals surface area contributed by atoms with Crippen LogP contribution in [0.25, 0.3) is 0 Å². The van der Waals surface area contributed by atoms with Crippen molar-refractivity contribution in [2.75, 3.05) is 11.9 Å². The van der Waals surface area contributed by atoms with Gasteiger partial charge in [-0.25, -0.2) is 0 Å². The molecule has 18 heavy (non-hydrogen) atoms. The van der Waals surface area contributed by atoms with Crippen molar-refractivity contribution in [1.29, 1.82) is 0 Å². The number of hydrogen-bond donors (Lipinski definition) is 2. The summed E-state index contributed by atoms with van der Waals surface area (Å²) in [5, 5.41) is 18.7. The molecule has 2 N–H and O–H groups in total. The van der Waals surface area contributed by atoms with E-state index in [4.69, 9.17) is 5.11 Å². The first-order valence-corrected chi connectivity index (χ1v) is 5.44. The molecule has 2 rings (SSSR count). The fourth-order valence-corrected chi connectivity index (χ4v) is 1.80. The average Bonchev–Trinajstić information content (AvgIpc) is 2.76. The summed E-state index contributed by atoms with van der Waals surface area (Å²) in [6.07, 6.45) is 0.535. The van der Waals surface area contributed by atoms with Gasteiger partial charge in [0.15, 0.2) is 0 Å². The Morgan fingerprint density at radius 3 is 2.78 bits per heavy atom. The number of anilines is 1. The maximum absolute atomic E-state index is 12.5. The van der Waals surface area contributed by atoms with Crippen molar-refractivity contribution >= 4 is 5.82 Å². The Balaban J connectivity index is 2.05. The van der Waals surface area contributed by atoms with E-state index in [0.29, 0.717) is 12.6 Å². The predicted octanol–water partition coefficient (Wildman–Crippen LogP) is 1.84. The van der Waals surface area contributed by atoms with E-state index in [1.165, 1.54) is 0 Å². The standard InChI is InChI=1S/C11H12F3N3O/c12-11(13,14)8-4-10(17-15-5-8)16-9-2-1-7(3-9)6-18/h1-2,4-5,7,9,18H,3,6H2,(H,16,17)/t7-,9+/m0/s1.